The summed E-state index contributed by atoms with van der Waals surface area (Å²) >= 11 is 0. The van der Waals surface area contributed by atoms with Gasteiger partial charge in [0.05, 0.1) is 6.04 Å². The van der Waals surface area contributed by atoms with Crippen LogP contribution in [0.5, 0.6) is 0 Å². The number of hydrogen-bond acceptors (Lipinski definition) is 2. The molecule has 0 spiro atoms. The smallest absolute Gasteiger partial charge is 0.130 e. The topological polar surface area (TPSA) is 43.8 Å². The first-order valence-corrected chi connectivity index (χ1v) is 5.35. The zero-order chi connectivity index (χ0) is 12.4. The van der Waals surface area contributed by atoms with Crippen molar-refractivity contribution in [3.8, 4) is 0 Å². The summed E-state index contributed by atoms with van der Waals surface area (Å²) < 4.78 is 28.4. The normalized spacial score (nSPS) is 12.7. The highest BCUT2D eigenvalue weighted by Crippen LogP contribution is 2.21. The number of imidazole rings is 1. The van der Waals surface area contributed by atoms with Gasteiger partial charge < -0.3 is 10.3 Å². The lowest BCUT2D eigenvalue weighted by molar-refractivity contribution is 0.563. The van der Waals surface area contributed by atoms with Crippen LogP contribution in [-0.4, -0.2) is 9.55 Å². The molecule has 0 radical (unpaired) electrons. The molecule has 0 aliphatic heterocycles. The molecular formula is C12H13F2N3. The summed E-state index contributed by atoms with van der Waals surface area (Å²) in [6.07, 6.45) is 3.35. The third-order valence-electron chi connectivity index (χ3n) is 2.66. The van der Waals surface area contributed by atoms with Gasteiger partial charge in [0.1, 0.15) is 17.5 Å². The Hall–Kier alpha value is -1.75. The number of rotatable bonds is 3. The van der Waals surface area contributed by atoms with Gasteiger partial charge in [-0.15, -0.1) is 0 Å². The van der Waals surface area contributed by atoms with Crippen LogP contribution >= 0.6 is 0 Å². The predicted octanol–water partition coefficient (Wildman–Crippen LogP) is 2.23. The van der Waals surface area contributed by atoms with E-state index < -0.39 is 17.7 Å². The second kappa shape index (κ2) is 4.63. The molecule has 1 heterocycles. The maximum absolute atomic E-state index is 13.6. The molecule has 1 aromatic heterocycles. The molecule has 3 nitrogen and oxygen atoms in total. The number of benzene rings is 1. The fourth-order valence-corrected chi connectivity index (χ4v) is 1.76. The van der Waals surface area contributed by atoms with Gasteiger partial charge in [0.15, 0.2) is 0 Å². The number of nitrogens with two attached hydrogens (primary N) is 1. The van der Waals surface area contributed by atoms with E-state index in [0.717, 1.165) is 18.2 Å². The highest BCUT2D eigenvalue weighted by molar-refractivity contribution is 5.27. The monoisotopic (exact) mass is 237 g/mol. The Morgan fingerprint density at radius 3 is 2.88 bits per heavy atom. The molecule has 2 rings (SSSR count). The van der Waals surface area contributed by atoms with Gasteiger partial charge in [-0.3, -0.25) is 0 Å². The SMILES string of the molecule is CCn1ccnc1C(N)c1cc(F)ccc1F. The first-order valence-electron chi connectivity index (χ1n) is 5.35. The predicted molar refractivity (Wildman–Crippen MR) is 60.3 cm³/mol. The van der Waals surface area contributed by atoms with Gasteiger partial charge in [-0.2, -0.15) is 0 Å². The Morgan fingerprint density at radius 2 is 2.18 bits per heavy atom. The third kappa shape index (κ3) is 2.19. The molecule has 0 aliphatic rings. The summed E-state index contributed by atoms with van der Waals surface area (Å²) in [5, 5.41) is 0. The fraction of sp³-hybridized carbons (Fsp3) is 0.250. The van der Waals surface area contributed by atoms with Crippen molar-refractivity contribution < 1.29 is 8.78 Å². The van der Waals surface area contributed by atoms with Crippen molar-refractivity contribution in [3.05, 3.63) is 53.6 Å². The van der Waals surface area contributed by atoms with E-state index in [1.54, 1.807) is 17.0 Å². The molecule has 0 aliphatic carbocycles. The van der Waals surface area contributed by atoms with Crippen molar-refractivity contribution in [2.24, 2.45) is 5.73 Å². The number of hydrogen-bond donors (Lipinski definition) is 1. The average Bonchev–Trinajstić information content (AvgIpc) is 2.79. The zero-order valence-corrected chi connectivity index (χ0v) is 9.40. The standard InChI is InChI=1S/C12H13F2N3/c1-2-17-6-5-16-12(17)11(15)9-7-8(13)3-4-10(9)14/h3-7,11H,2,15H2,1H3. The van der Waals surface area contributed by atoms with E-state index in [-0.39, 0.29) is 5.56 Å². The average molecular weight is 237 g/mol. The Morgan fingerprint density at radius 1 is 1.41 bits per heavy atom. The van der Waals surface area contributed by atoms with Crippen LogP contribution in [0.1, 0.15) is 24.4 Å². The molecule has 0 saturated carbocycles. The Labute approximate surface area is 97.9 Å². The van der Waals surface area contributed by atoms with Crippen molar-refractivity contribution in [2.45, 2.75) is 19.5 Å². The van der Waals surface area contributed by atoms with Crippen LogP contribution in [0.2, 0.25) is 0 Å². The summed E-state index contributed by atoms with van der Waals surface area (Å²) in [4.78, 5) is 4.08. The van der Waals surface area contributed by atoms with Gasteiger partial charge in [-0.25, -0.2) is 13.8 Å². The summed E-state index contributed by atoms with van der Waals surface area (Å²) in [5.74, 6) is -0.506. The number of halogens is 2. The first kappa shape index (κ1) is 11.7. The molecular weight excluding hydrogens is 224 g/mol. The molecule has 17 heavy (non-hydrogen) atoms. The van der Waals surface area contributed by atoms with Crippen LogP contribution in [0.25, 0.3) is 0 Å². The molecule has 0 bridgehead atoms. The van der Waals surface area contributed by atoms with Crippen LogP contribution in [0.3, 0.4) is 0 Å². The van der Waals surface area contributed by atoms with Crippen LogP contribution in [0, 0.1) is 11.6 Å². The van der Waals surface area contributed by atoms with Crippen molar-refractivity contribution in [2.75, 3.05) is 0 Å². The summed E-state index contributed by atoms with van der Waals surface area (Å²) in [5.41, 5.74) is 6.03. The molecule has 0 saturated heterocycles. The van der Waals surface area contributed by atoms with E-state index in [9.17, 15) is 8.78 Å². The highest BCUT2D eigenvalue weighted by Gasteiger charge is 2.18. The molecule has 5 heteroatoms. The second-order valence-electron chi connectivity index (χ2n) is 3.71. The minimum atomic E-state index is -0.763. The Bertz CT molecular complexity index is 522. The minimum Gasteiger partial charge on any atom is -0.334 e. The maximum atomic E-state index is 13.6. The Kier molecular flexibility index (Phi) is 3.19. The second-order valence-corrected chi connectivity index (χ2v) is 3.71. The highest BCUT2D eigenvalue weighted by atomic mass is 19.1. The number of aryl methyl sites for hydroxylation is 1. The van der Waals surface area contributed by atoms with Crippen molar-refractivity contribution >= 4 is 0 Å². The molecule has 1 aromatic carbocycles. The van der Waals surface area contributed by atoms with Crippen LogP contribution in [0.15, 0.2) is 30.6 Å². The van der Waals surface area contributed by atoms with Crippen LogP contribution in [-0.2, 0) is 6.54 Å². The van der Waals surface area contributed by atoms with E-state index in [0.29, 0.717) is 12.4 Å². The van der Waals surface area contributed by atoms with Gasteiger partial charge in [-0.1, -0.05) is 0 Å². The van der Waals surface area contributed by atoms with Gasteiger partial charge in [-0.05, 0) is 25.1 Å². The molecule has 2 N–H and O–H groups in total. The largest absolute Gasteiger partial charge is 0.334 e. The quantitative estimate of drug-likeness (QED) is 0.889. The molecule has 90 valence electrons. The summed E-state index contributed by atoms with van der Waals surface area (Å²) in [7, 11) is 0. The van der Waals surface area contributed by atoms with E-state index in [1.165, 1.54) is 0 Å². The summed E-state index contributed by atoms with van der Waals surface area (Å²) in [6, 6.07) is 2.48. The zero-order valence-electron chi connectivity index (χ0n) is 9.40. The van der Waals surface area contributed by atoms with Gasteiger partial charge >= 0.3 is 0 Å². The molecule has 0 fully saturated rings. The first-order chi connectivity index (χ1) is 8.13. The number of aromatic nitrogens is 2. The van der Waals surface area contributed by atoms with Gasteiger partial charge in [0.25, 0.3) is 0 Å². The van der Waals surface area contributed by atoms with Crippen LogP contribution < -0.4 is 5.73 Å². The molecule has 1 atom stereocenters. The van der Waals surface area contributed by atoms with E-state index >= 15 is 0 Å². The fourth-order valence-electron chi connectivity index (χ4n) is 1.76. The van der Waals surface area contributed by atoms with E-state index in [2.05, 4.69) is 4.98 Å². The Balaban J connectivity index is 2.43. The summed E-state index contributed by atoms with van der Waals surface area (Å²) in [6.45, 7) is 2.61. The van der Waals surface area contributed by atoms with Crippen molar-refractivity contribution in [1.29, 1.82) is 0 Å². The molecule has 1 unspecified atom stereocenters. The minimum absolute atomic E-state index is 0.117. The molecule has 0 amide bonds. The number of nitrogens with zero attached hydrogens (tertiary/aromatic N) is 2. The van der Waals surface area contributed by atoms with Crippen LogP contribution in [0.4, 0.5) is 8.78 Å². The lowest BCUT2D eigenvalue weighted by Gasteiger charge is -2.14. The third-order valence-corrected chi connectivity index (χ3v) is 2.66. The van der Waals surface area contributed by atoms with E-state index in [4.69, 9.17) is 5.73 Å². The van der Waals surface area contributed by atoms with Gasteiger partial charge in [0.2, 0.25) is 0 Å². The van der Waals surface area contributed by atoms with E-state index in [1.807, 2.05) is 6.92 Å². The lowest BCUT2D eigenvalue weighted by Crippen LogP contribution is -2.19. The van der Waals surface area contributed by atoms with Crippen molar-refractivity contribution in [3.63, 3.8) is 0 Å². The maximum Gasteiger partial charge on any atom is 0.130 e. The van der Waals surface area contributed by atoms with Crippen molar-refractivity contribution in [1.82, 2.24) is 9.55 Å². The van der Waals surface area contributed by atoms with Gasteiger partial charge in [0, 0.05) is 24.5 Å². The molecule has 2 aromatic rings. The lowest BCUT2D eigenvalue weighted by atomic mass is 10.1.